The van der Waals surface area contributed by atoms with Crippen molar-refractivity contribution in [1.82, 2.24) is 10.5 Å². The molecular formula is C24H21ClF2N2O2. The Morgan fingerprint density at radius 2 is 1.97 bits per heavy atom. The van der Waals surface area contributed by atoms with Gasteiger partial charge in [-0.1, -0.05) is 35.5 Å². The average Bonchev–Trinajstić information content (AvgIpc) is 3.25. The van der Waals surface area contributed by atoms with E-state index >= 15 is 0 Å². The summed E-state index contributed by atoms with van der Waals surface area (Å²) in [6, 6.07) is 9.76. The van der Waals surface area contributed by atoms with Gasteiger partial charge in [-0.25, -0.2) is 8.78 Å². The van der Waals surface area contributed by atoms with E-state index in [4.69, 9.17) is 16.1 Å². The summed E-state index contributed by atoms with van der Waals surface area (Å²) in [4.78, 5) is 12.4. The highest BCUT2D eigenvalue weighted by Gasteiger charge is 2.20. The summed E-state index contributed by atoms with van der Waals surface area (Å²) in [5.41, 5.74) is 3.66. The molecular weight excluding hydrogens is 422 g/mol. The third kappa shape index (κ3) is 5.27. The minimum absolute atomic E-state index is 0.203. The van der Waals surface area contributed by atoms with Crippen molar-refractivity contribution in [1.29, 1.82) is 0 Å². The van der Waals surface area contributed by atoms with E-state index < -0.39 is 23.0 Å². The maximum Gasteiger partial charge on any atom is 0.234 e. The number of benzene rings is 2. The number of allylic oxidation sites excluding steroid dienone is 1. The van der Waals surface area contributed by atoms with Gasteiger partial charge in [0.15, 0.2) is 0 Å². The fourth-order valence-electron chi connectivity index (χ4n) is 3.14. The molecule has 0 atom stereocenters. The van der Waals surface area contributed by atoms with Crippen LogP contribution in [0.4, 0.5) is 8.78 Å². The molecule has 2 aromatic carbocycles. The van der Waals surface area contributed by atoms with E-state index in [1.165, 1.54) is 6.07 Å². The number of nitrogens with one attached hydrogen (secondary N) is 1. The zero-order chi connectivity index (χ0) is 22.5. The number of nitrogens with zero attached hydrogens (tertiary/aromatic N) is 1. The summed E-state index contributed by atoms with van der Waals surface area (Å²) in [6.07, 6.45) is 2.73. The molecule has 0 aliphatic carbocycles. The number of carbonyl (C=O) groups is 1. The van der Waals surface area contributed by atoms with Crippen LogP contribution >= 0.6 is 11.6 Å². The average molecular weight is 443 g/mol. The zero-order valence-corrected chi connectivity index (χ0v) is 17.9. The lowest BCUT2D eigenvalue weighted by atomic mass is 9.98. The number of hydrogen-bond acceptors (Lipinski definition) is 4. The molecule has 0 aliphatic heterocycles. The van der Waals surface area contributed by atoms with Gasteiger partial charge >= 0.3 is 0 Å². The largest absolute Gasteiger partial charge is 0.383 e. The van der Waals surface area contributed by atoms with Gasteiger partial charge in [0.2, 0.25) is 11.5 Å². The van der Waals surface area contributed by atoms with Crippen LogP contribution in [0.5, 0.6) is 0 Å². The Morgan fingerprint density at radius 3 is 2.71 bits per heavy atom. The topological polar surface area (TPSA) is 55.1 Å². The summed E-state index contributed by atoms with van der Waals surface area (Å²) >= 11 is 6.13. The van der Waals surface area contributed by atoms with E-state index in [0.29, 0.717) is 29.4 Å². The molecule has 3 rings (SSSR count). The summed E-state index contributed by atoms with van der Waals surface area (Å²) in [7, 11) is 0. The first-order valence-corrected chi connectivity index (χ1v) is 9.99. The first kappa shape index (κ1) is 22.4. The van der Waals surface area contributed by atoms with Crippen LogP contribution in [0, 0.1) is 18.6 Å². The second kappa shape index (κ2) is 9.71. The van der Waals surface area contributed by atoms with Crippen LogP contribution in [0.3, 0.4) is 0 Å². The van der Waals surface area contributed by atoms with Gasteiger partial charge in [-0.2, -0.15) is 0 Å². The van der Waals surface area contributed by atoms with Crippen molar-refractivity contribution in [2.75, 3.05) is 6.54 Å². The van der Waals surface area contributed by atoms with Gasteiger partial charge in [0.1, 0.15) is 17.3 Å². The Kier molecular flexibility index (Phi) is 7.02. The maximum absolute atomic E-state index is 13.8. The summed E-state index contributed by atoms with van der Waals surface area (Å²) in [6.45, 7) is 8.45. The predicted octanol–water partition coefficient (Wildman–Crippen LogP) is 6.20. The van der Waals surface area contributed by atoms with Crippen molar-refractivity contribution in [2.24, 2.45) is 0 Å². The van der Waals surface area contributed by atoms with E-state index in [1.54, 1.807) is 0 Å². The van der Waals surface area contributed by atoms with Crippen molar-refractivity contribution >= 4 is 28.7 Å². The lowest BCUT2D eigenvalue weighted by Gasteiger charge is -2.13. The molecule has 0 bridgehead atoms. The van der Waals surface area contributed by atoms with Gasteiger partial charge in [0.25, 0.3) is 0 Å². The molecule has 31 heavy (non-hydrogen) atoms. The highest BCUT2D eigenvalue weighted by molar-refractivity contribution is 6.30. The Hall–Kier alpha value is -3.25. The second-order valence-corrected chi connectivity index (χ2v) is 7.39. The van der Waals surface area contributed by atoms with Crippen LogP contribution in [-0.2, 0) is 0 Å². The van der Waals surface area contributed by atoms with E-state index in [1.807, 2.05) is 38.1 Å². The standard InChI is InChI=1S/C24H21ClF2N2O2/c1-4-16(19-11-17(25)6-5-14(19)2)9-10-28-15(3)22-13-23(31-29-22)24(30)20-12-18(26)7-8-21(20)27/h4-8,11-13,28H,3,9-10H2,1-2H3/b16-4-. The molecule has 3 aromatic rings. The normalized spacial score (nSPS) is 11.5. The summed E-state index contributed by atoms with van der Waals surface area (Å²) in [5, 5.41) is 7.63. The van der Waals surface area contributed by atoms with Crippen LogP contribution in [0.25, 0.3) is 11.3 Å². The molecule has 160 valence electrons. The highest BCUT2D eigenvalue weighted by Crippen LogP contribution is 2.25. The molecule has 0 saturated carbocycles. The molecule has 1 heterocycles. The van der Waals surface area contributed by atoms with Crippen LogP contribution in [-0.4, -0.2) is 17.5 Å². The van der Waals surface area contributed by atoms with Crippen molar-refractivity contribution < 1.29 is 18.1 Å². The molecule has 0 fully saturated rings. The van der Waals surface area contributed by atoms with Crippen LogP contribution in [0.1, 0.15) is 46.3 Å². The Morgan fingerprint density at radius 1 is 1.19 bits per heavy atom. The summed E-state index contributed by atoms with van der Waals surface area (Å²) < 4.78 is 32.2. The molecule has 0 saturated heterocycles. The fourth-order valence-corrected chi connectivity index (χ4v) is 3.31. The van der Waals surface area contributed by atoms with Crippen molar-refractivity contribution in [3.63, 3.8) is 0 Å². The van der Waals surface area contributed by atoms with Crippen molar-refractivity contribution in [2.45, 2.75) is 20.3 Å². The van der Waals surface area contributed by atoms with Gasteiger partial charge in [-0.05, 0) is 67.3 Å². The molecule has 7 heteroatoms. The van der Waals surface area contributed by atoms with Crippen LogP contribution in [0.2, 0.25) is 5.02 Å². The molecule has 1 aromatic heterocycles. The number of hydrogen-bond donors (Lipinski definition) is 1. The van der Waals surface area contributed by atoms with Gasteiger partial charge in [0, 0.05) is 17.6 Å². The van der Waals surface area contributed by atoms with Crippen molar-refractivity contribution in [3.8, 4) is 0 Å². The fraction of sp³-hybridized carbons (Fsp3) is 0.167. The highest BCUT2D eigenvalue weighted by atomic mass is 35.5. The number of aromatic nitrogens is 1. The van der Waals surface area contributed by atoms with Gasteiger partial charge < -0.3 is 9.84 Å². The zero-order valence-electron chi connectivity index (χ0n) is 17.1. The Bertz CT molecular complexity index is 1170. The SMILES string of the molecule is C=C(NCC/C(=C/C)c1cc(Cl)ccc1C)c1cc(C(=O)c2cc(F)ccc2F)on1. The van der Waals surface area contributed by atoms with Crippen molar-refractivity contribution in [3.05, 3.63) is 99.9 Å². The molecule has 0 amide bonds. The number of carbonyl (C=O) groups excluding carboxylic acids is 1. The minimum atomic E-state index is -0.837. The number of halogens is 3. The van der Waals surface area contributed by atoms with E-state index in [0.717, 1.165) is 34.9 Å². The lowest BCUT2D eigenvalue weighted by molar-refractivity contribution is 0.0996. The van der Waals surface area contributed by atoms with Gasteiger partial charge in [-0.3, -0.25) is 4.79 Å². The summed E-state index contributed by atoms with van der Waals surface area (Å²) in [5.74, 6) is -2.55. The maximum atomic E-state index is 13.8. The molecule has 0 spiro atoms. The van der Waals surface area contributed by atoms with E-state index in [2.05, 4.69) is 17.1 Å². The first-order chi connectivity index (χ1) is 14.8. The quantitative estimate of drug-likeness (QED) is 0.422. The smallest absolute Gasteiger partial charge is 0.234 e. The molecule has 0 aliphatic rings. The predicted molar refractivity (Wildman–Crippen MR) is 118 cm³/mol. The molecule has 0 unspecified atom stereocenters. The second-order valence-electron chi connectivity index (χ2n) is 6.96. The van der Waals surface area contributed by atoms with E-state index in [9.17, 15) is 13.6 Å². The molecule has 1 N–H and O–H groups in total. The number of rotatable bonds is 8. The third-order valence-corrected chi connectivity index (χ3v) is 5.08. The Labute approximate surface area is 184 Å². The van der Waals surface area contributed by atoms with Gasteiger partial charge in [0.05, 0.1) is 11.3 Å². The van der Waals surface area contributed by atoms with Crippen LogP contribution in [0.15, 0.2) is 59.6 Å². The molecule has 0 radical (unpaired) electrons. The third-order valence-electron chi connectivity index (χ3n) is 4.84. The Balaban J connectivity index is 1.64. The first-order valence-electron chi connectivity index (χ1n) is 9.61. The number of aryl methyl sites for hydroxylation is 1. The van der Waals surface area contributed by atoms with Crippen LogP contribution < -0.4 is 5.32 Å². The van der Waals surface area contributed by atoms with E-state index in [-0.39, 0.29) is 5.76 Å². The van der Waals surface area contributed by atoms with Gasteiger partial charge in [-0.15, -0.1) is 0 Å². The number of ketones is 1. The minimum Gasteiger partial charge on any atom is -0.383 e. The monoisotopic (exact) mass is 442 g/mol. The molecule has 4 nitrogen and oxygen atoms in total. The lowest BCUT2D eigenvalue weighted by Crippen LogP contribution is -2.14.